The fourth-order valence-corrected chi connectivity index (χ4v) is 3.76. The number of rotatable bonds is 6. The highest BCUT2D eigenvalue weighted by atomic mass is 32.2. The van der Waals surface area contributed by atoms with Crippen LogP contribution in [-0.4, -0.2) is 63.1 Å². The number of nitrogens with one attached hydrogen (secondary N) is 1. The van der Waals surface area contributed by atoms with Gasteiger partial charge in [-0.05, 0) is 42.8 Å². The van der Waals surface area contributed by atoms with Gasteiger partial charge in [0.15, 0.2) is 5.78 Å². The summed E-state index contributed by atoms with van der Waals surface area (Å²) in [6.45, 7) is 5.80. The molecule has 0 spiro atoms. The summed E-state index contributed by atoms with van der Waals surface area (Å²) in [5.74, 6) is 0.0365. The highest BCUT2D eigenvalue weighted by molar-refractivity contribution is 7.92. The number of aromatic nitrogens is 1. The second-order valence-corrected chi connectivity index (χ2v) is 8.55. The van der Waals surface area contributed by atoms with Crippen molar-refractivity contribution < 1.29 is 13.2 Å². The zero-order chi connectivity index (χ0) is 19.4. The first-order chi connectivity index (χ1) is 12.8. The average molecular weight is 388 g/mol. The molecule has 1 fully saturated rings. The second-order valence-electron chi connectivity index (χ2n) is 6.80. The molecule has 27 heavy (non-hydrogen) atoms. The molecule has 8 heteroatoms. The first-order valence-corrected chi connectivity index (χ1v) is 10.7. The SMILES string of the molecule is Cc1cnccc1N1CCN(CC(=O)c2ccc(NS(C)(=O)=O)cc2)CC1. The molecule has 0 radical (unpaired) electrons. The van der Waals surface area contributed by atoms with Gasteiger partial charge in [-0.2, -0.15) is 0 Å². The molecule has 144 valence electrons. The maximum Gasteiger partial charge on any atom is 0.229 e. The molecule has 1 aromatic heterocycles. The lowest BCUT2D eigenvalue weighted by Gasteiger charge is -2.36. The van der Waals surface area contributed by atoms with Crippen LogP contribution in [0.5, 0.6) is 0 Å². The summed E-state index contributed by atoms with van der Waals surface area (Å²) in [5.41, 5.74) is 3.40. The van der Waals surface area contributed by atoms with Gasteiger partial charge < -0.3 is 4.90 Å². The number of carbonyl (C=O) groups excluding carboxylic acids is 1. The third-order valence-corrected chi connectivity index (χ3v) is 5.19. The van der Waals surface area contributed by atoms with Gasteiger partial charge in [-0.3, -0.25) is 19.4 Å². The van der Waals surface area contributed by atoms with Gasteiger partial charge in [-0.1, -0.05) is 0 Å². The lowest BCUT2D eigenvalue weighted by molar-refractivity contribution is 0.0926. The van der Waals surface area contributed by atoms with E-state index in [0.29, 0.717) is 17.8 Å². The number of piperazine rings is 1. The Morgan fingerprint density at radius 2 is 1.78 bits per heavy atom. The van der Waals surface area contributed by atoms with Crippen LogP contribution in [0.3, 0.4) is 0 Å². The van der Waals surface area contributed by atoms with E-state index in [0.717, 1.165) is 38.0 Å². The molecule has 0 amide bonds. The Morgan fingerprint density at radius 3 is 2.37 bits per heavy atom. The molecule has 0 saturated carbocycles. The summed E-state index contributed by atoms with van der Waals surface area (Å²) < 4.78 is 24.9. The van der Waals surface area contributed by atoms with Crippen LogP contribution in [0.4, 0.5) is 11.4 Å². The fourth-order valence-electron chi connectivity index (χ4n) is 3.20. The van der Waals surface area contributed by atoms with Crippen LogP contribution in [-0.2, 0) is 10.0 Å². The summed E-state index contributed by atoms with van der Waals surface area (Å²) in [5, 5.41) is 0. The largest absolute Gasteiger partial charge is 0.369 e. The van der Waals surface area contributed by atoms with E-state index in [1.807, 2.05) is 12.3 Å². The topological polar surface area (TPSA) is 82.6 Å². The Morgan fingerprint density at radius 1 is 1.11 bits per heavy atom. The number of ketones is 1. The third kappa shape index (κ3) is 5.27. The minimum Gasteiger partial charge on any atom is -0.369 e. The van der Waals surface area contributed by atoms with Crippen LogP contribution >= 0.6 is 0 Å². The normalized spacial score (nSPS) is 15.6. The first-order valence-electron chi connectivity index (χ1n) is 8.81. The van der Waals surface area contributed by atoms with Crippen molar-refractivity contribution in [2.45, 2.75) is 6.92 Å². The standard InChI is InChI=1S/C19H24N4O3S/c1-15-13-20-8-7-18(15)23-11-9-22(10-12-23)14-19(24)16-3-5-17(6-4-16)21-27(2,25)26/h3-8,13,21H,9-12,14H2,1-2H3. The summed E-state index contributed by atoms with van der Waals surface area (Å²) >= 11 is 0. The van der Waals surface area contributed by atoms with Gasteiger partial charge in [-0.15, -0.1) is 0 Å². The fraction of sp³-hybridized carbons (Fsp3) is 0.368. The maximum atomic E-state index is 12.5. The van der Waals surface area contributed by atoms with Crippen molar-refractivity contribution in [1.82, 2.24) is 9.88 Å². The van der Waals surface area contributed by atoms with Crippen LogP contribution < -0.4 is 9.62 Å². The molecule has 2 aromatic rings. The molecule has 1 saturated heterocycles. The summed E-state index contributed by atoms with van der Waals surface area (Å²) in [7, 11) is -3.32. The van der Waals surface area contributed by atoms with Crippen molar-refractivity contribution in [3.05, 3.63) is 53.9 Å². The summed E-state index contributed by atoms with van der Waals surface area (Å²) in [6.07, 6.45) is 4.77. The summed E-state index contributed by atoms with van der Waals surface area (Å²) in [4.78, 5) is 21.1. The van der Waals surface area contributed by atoms with Crippen molar-refractivity contribution in [2.75, 3.05) is 48.6 Å². The highest BCUT2D eigenvalue weighted by Gasteiger charge is 2.20. The number of Topliss-reactive ketones (excluding diaryl/α,β-unsaturated/α-hetero) is 1. The van der Waals surface area contributed by atoms with Crippen molar-refractivity contribution in [1.29, 1.82) is 0 Å². The molecular weight excluding hydrogens is 364 g/mol. The predicted molar refractivity (Wildman–Crippen MR) is 107 cm³/mol. The van der Waals surface area contributed by atoms with E-state index in [-0.39, 0.29) is 5.78 Å². The molecule has 0 aliphatic carbocycles. The zero-order valence-electron chi connectivity index (χ0n) is 15.6. The van der Waals surface area contributed by atoms with Gasteiger partial charge in [0.05, 0.1) is 12.8 Å². The summed E-state index contributed by atoms with van der Waals surface area (Å²) in [6, 6.07) is 8.57. The lowest BCUT2D eigenvalue weighted by atomic mass is 10.1. The van der Waals surface area contributed by atoms with Gasteiger partial charge in [-0.25, -0.2) is 8.42 Å². The number of hydrogen-bond donors (Lipinski definition) is 1. The molecular formula is C19H24N4O3S. The lowest BCUT2D eigenvalue weighted by Crippen LogP contribution is -2.48. The van der Waals surface area contributed by atoms with Gasteiger partial charge >= 0.3 is 0 Å². The number of nitrogens with zero attached hydrogens (tertiary/aromatic N) is 3. The molecule has 1 aromatic carbocycles. The molecule has 1 N–H and O–H groups in total. The molecule has 3 rings (SSSR count). The maximum absolute atomic E-state index is 12.5. The molecule has 0 unspecified atom stereocenters. The van der Waals surface area contributed by atoms with Crippen LogP contribution in [0.2, 0.25) is 0 Å². The smallest absolute Gasteiger partial charge is 0.229 e. The highest BCUT2D eigenvalue weighted by Crippen LogP contribution is 2.20. The van der Waals surface area contributed by atoms with Gasteiger partial charge in [0.25, 0.3) is 0 Å². The minimum atomic E-state index is -3.32. The second kappa shape index (κ2) is 8.06. The van der Waals surface area contributed by atoms with Crippen LogP contribution in [0.1, 0.15) is 15.9 Å². The van der Waals surface area contributed by atoms with Crippen molar-refractivity contribution >= 4 is 27.2 Å². The molecule has 2 heterocycles. The van der Waals surface area contributed by atoms with Crippen molar-refractivity contribution in [3.8, 4) is 0 Å². The van der Waals surface area contributed by atoms with Gasteiger partial charge in [0.2, 0.25) is 10.0 Å². The number of hydrogen-bond acceptors (Lipinski definition) is 6. The quantitative estimate of drug-likeness (QED) is 0.760. The molecule has 0 bridgehead atoms. The van der Waals surface area contributed by atoms with E-state index in [1.165, 1.54) is 5.69 Å². The number of carbonyl (C=O) groups is 1. The van der Waals surface area contributed by atoms with Crippen molar-refractivity contribution in [3.63, 3.8) is 0 Å². The van der Waals surface area contributed by atoms with Crippen LogP contribution in [0.25, 0.3) is 0 Å². The molecule has 0 atom stereocenters. The van der Waals surface area contributed by atoms with Gasteiger partial charge in [0.1, 0.15) is 0 Å². The monoisotopic (exact) mass is 388 g/mol. The number of anilines is 2. The van der Waals surface area contributed by atoms with E-state index in [1.54, 1.807) is 30.5 Å². The van der Waals surface area contributed by atoms with E-state index in [2.05, 4.69) is 26.4 Å². The Labute approximate surface area is 160 Å². The molecule has 1 aliphatic rings. The predicted octanol–water partition coefficient (Wildman–Crippen LogP) is 1.77. The molecule has 7 nitrogen and oxygen atoms in total. The molecule has 1 aliphatic heterocycles. The number of sulfonamides is 1. The number of aryl methyl sites for hydroxylation is 1. The third-order valence-electron chi connectivity index (χ3n) is 4.58. The van der Waals surface area contributed by atoms with Gasteiger partial charge in [0, 0.05) is 55.5 Å². The first kappa shape index (κ1) is 19.3. The Balaban J connectivity index is 1.54. The van der Waals surface area contributed by atoms with E-state index < -0.39 is 10.0 Å². The minimum absolute atomic E-state index is 0.0365. The Hall–Kier alpha value is -2.45. The average Bonchev–Trinajstić information content (AvgIpc) is 2.62. The van der Waals surface area contributed by atoms with E-state index in [4.69, 9.17) is 0 Å². The Bertz CT molecular complexity index is 905. The number of pyridine rings is 1. The van der Waals surface area contributed by atoms with Crippen LogP contribution in [0.15, 0.2) is 42.7 Å². The van der Waals surface area contributed by atoms with Crippen LogP contribution in [0, 0.1) is 6.92 Å². The number of benzene rings is 1. The van der Waals surface area contributed by atoms with Crippen molar-refractivity contribution in [2.24, 2.45) is 0 Å². The van der Waals surface area contributed by atoms with E-state index in [9.17, 15) is 13.2 Å². The van der Waals surface area contributed by atoms with E-state index >= 15 is 0 Å². The zero-order valence-corrected chi connectivity index (χ0v) is 16.4. The Kier molecular flexibility index (Phi) is 5.76.